The van der Waals surface area contributed by atoms with Gasteiger partial charge in [-0.05, 0) is 43.3 Å². The van der Waals surface area contributed by atoms with Gasteiger partial charge in [0.25, 0.3) is 0 Å². The number of hydrogen-bond donors (Lipinski definition) is 2. The minimum atomic E-state index is -3.51. The van der Waals surface area contributed by atoms with Crippen LogP contribution in [0.5, 0.6) is 0 Å². The van der Waals surface area contributed by atoms with E-state index in [-0.39, 0.29) is 29.4 Å². The Hall–Kier alpha value is -2.51. The van der Waals surface area contributed by atoms with Crippen molar-refractivity contribution >= 4 is 27.4 Å². The monoisotopic (exact) mass is 388 g/mol. The summed E-state index contributed by atoms with van der Waals surface area (Å²) in [5, 5.41) is 2.66. The smallest absolute Gasteiger partial charge is 0.240 e. The van der Waals surface area contributed by atoms with Gasteiger partial charge in [-0.3, -0.25) is 9.59 Å². The summed E-state index contributed by atoms with van der Waals surface area (Å²) in [5.41, 5.74) is 2.27. The number of benzene rings is 2. The molecule has 2 N–H and O–H groups in total. The zero-order valence-corrected chi connectivity index (χ0v) is 16.3. The van der Waals surface area contributed by atoms with Crippen LogP contribution in [0.3, 0.4) is 0 Å². The number of ketones is 1. The van der Waals surface area contributed by atoms with E-state index in [1.54, 1.807) is 12.1 Å². The fourth-order valence-corrected chi connectivity index (χ4v) is 3.31. The van der Waals surface area contributed by atoms with Crippen LogP contribution in [0.15, 0.2) is 53.4 Å². The van der Waals surface area contributed by atoms with Crippen LogP contribution in [0, 0.1) is 0 Å². The van der Waals surface area contributed by atoms with Gasteiger partial charge in [-0.25, -0.2) is 13.1 Å². The van der Waals surface area contributed by atoms with Crippen molar-refractivity contribution in [3.05, 3.63) is 59.7 Å². The minimum absolute atomic E-state index is 0.0616. The van der Waals surface area contributed by atoms with E-state index in [0.717, 1.165) is 12.8 Å². The second-order valence-electron chi connectivity index (χ2n) is 6.15. The van der Waals surface area contributed by atoms with Crippen LogP contribution >= 0.6 is 0 Å². The van der Waals surface area contributed by atoms with Gasteiger partial charge in [0.05, 0.1) is 4.90 Å². The van der Waals surface area contributed by atoms with Crippen LogP contribution < -0.4 is 10.0 Å². The molecule has 0 saturated heterocycles. The highest BCUT2D eigenvalue weighted by molar-refractivity contribution is 7.89. The average molecular weight is 388 g/mol. The normalized spacial score (nSPS) is 11.2. The number of Topliss-reactive ketones (excluding diaryl/α,β-unsaturated/α-hetero) is 1. The maximum Gasteiger partial charge on any atom is 0.240 e. The number of carbonyl (C=O) groups excluding carboxylic acids is 2. The molecule has 2 rings (SSSR count). The molecule has 0 aliphatic rings. The Morgan fingerprint density at radius 1 is 0.926 bits per heavy atom. The number of aryl methyl sites for hydroxylation is 1. The van der Waals surface area contributed by atoms with Crippen LogP contribution in [0.2, 0.25) is 0 Å². The molecule has 2 aromatic carbocycles. The number of nitrogens with one attached hydrogen (secondary N) is 2. The molecule has 6 nitrogen and oxygen atoms in total. The first kappa shape index (κ1) is 20.8. The largest absolute Gasteiger partial charge is 0.326 e. The number of anilines is 1. The summed E-state index contributed by atoms with van der Waals surface area (Å²) in [6.45, 7) is 2.10. The van der Waals surface area contributed by atoms with Gasteiger partial charge >= 0.3 is 0 Å². The first-order valence-electron chi connectivity index (χ1n) is 8.81. The van der Waals surface area contributed by atoms with Crippen molar-refractivity contribution in [1.82, 2.24) is 4.72 Å². The van der Waals surface area contributed by atoms with E-state index >= 15 is 0 Å². The van der Waals surface area contributed by atoms with E-state index < -0.39 is 10.0 Å². The maximum absolute atomic E-state index is 12.2. The van der Waals surface area contributed by atoms with Gasteiger partial charge < -0.3 is 5.32 Å². The van der Waals surface area contributed by atoms with Crippen molar-refractivity contribution in [2.24, 2.45) is 0 Å². The first-order valence-corrected chi connectivity index (χ1v) is 10.3. The lowest BCUT2D eigenvalue weighted by molar-refractivity contribution is -0.116. The van der Waals surface area contributed by atoms with Crippen molar-refractivity contribution in [1.29, 1.82) is 0 Å². The molecule has 0 aliphatic heterocycles. The Kier molecular flexibility index (Phi) is 7.27. The molecule has 7 heteroatoms. The number of hydrogen-bond acceptors (Lipinski definition) is 4. The van der Waals surface area contributed by atoms with Crippen LogP contribution in [0.4, 0.5) is 5.69 Å². The van der Waals surface area contributed by atoms with Crippen molar-refractivity contribution < 1.29 is 18.0 Å². The first-order chi connectivity index (χ1) is 12.9. The van der Waals surface area contributed by atoms with E-state index in [0.29, 0.717) is 11.3 Å². The number of sulfonamides is 1. The predicted molar refractivity (Wildman–Crippen MR) is 105 cm³/mol. The third-order valence-electron chi connectivity index (χ3n) is 4.11. The van der Waals surface area contributed by atoms with Crippen molar-refractivity contribution in [2.75, 3.05) is 12.4 Å². The molecule has 0 radical (unpaired) electrons. The molecule has 0 bridgehead atoms. The van der Waals surface area contributed by atoms with Gasteiger partial charge in [0.2, 0.25) is 15.9 Å². The van der Waals surface area contributed by atoms with Crippen LogP contribution in [-0.4, -0.2) is 27.2 Å². The Labute approximate surface area is 160 Å². The molecule has 27 heavy (non-hydrogen) atoms. The molecule has 0 spiro atoms. The third-order valence-corrected chi connectivity index (χ3v) is 5.54. The van der Waals surface area contributed by atoms with Crippen molar-refractivity contribution in [2.45, 2.75) is 37.5 Å². The Balaban J connectivity index is 1.87. The van der Waals surface area contributed by atoms with Gasteiger partial charge in [-0.1, -0.05) is 37.6 Å². The number of rotatable bonds is 9. The Morgan fingerprint density at radius 3 is 2.11 bits per heavy atom. The molecule has 0 fully saturated rings. The highest BCUT2D eigenvalue weighted by Crippen LogP contribution is 2.15. The molecular weight excluding hydrogens is 364 g/mol. The molecule has 1 amide bonds. The van der Waals surface area contributed by atoms with E-state index in [1.165, 1.54) is 36.9 Å². The summed E-state index contributed by atoms with van der Waals surface area (Å²) in [6, 6.07) is 13.3. The van der Waals surface area contributed by atoms with Gasteiger partial charge in [0, 0.05) is 24.1 Å². The van der Waals surface area contributed by atoms with Crippen LogP contribution in [0.25, 0.3) is 0 Å². The van der Waals surface area contributed by atoms with Gasteiger partial charge in [0.15, 0.2) is 5.78 Å². The molecule has 0 atom stereocenters. The van der Waals surface area contributed by atoms with Crippen LogP contribution in [0.1, 0.15) is 42.1 Å². The summed E-state index contributed by atoms with van der Waals surface area (Å²) < 4.78 is 25.6. The average Bonchev–Trinajstić information content (AvgIpc) is 2.67. The van der Waals surface area contributed by atoms with E-state index in [9.17, 15) is 18.0 Å². The van der Waals surface area contributed by atoms with Gasteiger partial charge in [-0.2, -0.15) is 0 Å². The van der Waals surface area contributed by atoms with Crippen LogP contribution in [-0.2, 0) is 21.2 Å². The third kappa shape index (κ3) is 6.01. The quantitative estimate of drug-likeness (QED) is 0.646. The Bertz CT molecular complexity index is 889. The van der Waals surface area contributed by atoms with E-state index in [2.05, 4.69) is 17.0 Å². The molecule has 0 aliphatic carbocycles. The topological polar surface area (TPSA) is 92.3 Å². The number of amides is 1. The molecule has 0 unspecified atom stereocenters. The molecule has 144 valence electrons. The lowest BCUT2D eigenvalue weighted by Crippen LogP contribution is -2.18. The summed E-state index contributed by atoms with van der Waals surface area (Å²) >= 11 is 0. The van der Waals surface area contributed by atoms with E-state index in [4.69, 9.17) is 0 Å². The highest BCUT2D eigenvalue weighted by atomic mass is 32.2. The summed E-state index contributed by atoms with van der Waals surface area (Å²) in [5.74, 6) is -0.376. The molecule has 2 aromatic rings. The lowest BCUT2D eigenvalue weighted by atomic mass is 10.0. The molecule has 0 heterocycles. The van der Waals surface area contributed by atoms with Gasteiger partial charge in [-0.15, -0.1) is 0 Å². The fourth-order valence-electron chi connectivity index (χ4n) is 2.58. The molecule has 0 aromatic heterocycles. The lowest BCUT2D eigenvalue weighted by Gasteiger charge is -2.07. The summed E-state index contributed by atoms with van der Waals surface area (Å²) in [7, 11) is -2.18. The molecule has 0 saturated carbocycles. The fraction of sp³-hybridized carbons (Fsp3) is 0.300. The number of carbonyl (C=O) groups is 2. The second-order valence-corrected chi connectivity index (χ2v) is 8.04. The standard InChI is InChI=1S/C20H24N2O4S/c1-3-4-15-5-7-16(8-6-15)19(23)13-14-20(24)22-17-9-11-18(12-10-17)27(25,26)21-2/h5-12,21H,3-4,13-14H2,1-2H3,(H,22,24). The van der Waals surface area contributed by atoms with E-state index in [1.807, 2.05) is 12.1 Å². The highest BCUT2D eigenvalue weighted by Gasteiger charge is 2.12. The zero-order chi connectivity index (χ0) is 19.9. The SMILES string of the molecule is CCCc1ccc(C(=O)CCC(=O)Nc2ccc(S(=O)(=O)NC)cc2)cc1. The van der Waals surface area contributed by atoms with Crippen molar-refractivity contribution in [3.63, 3.8) is 0 Å². The van der Waals surface area contributed by atoms with Crippen molar-refractivity contribution in [3.8, 4) is 0 Å². The Morgan fingerprint density at radius 2 is 1.56 bits per heavy atom. The summed E-state index contributed by atoms with van der Waals surface area (Å²) in [4.78, 5) is 24.4. The molecular formula is C20H24N2O4S. The second kappa shape index (κ2) is 9.43. The minimum Gasteiger partial charge on any atom is -0.326 e. The summed E-state index contributed by atoms with van der Waals surface area (Å²) in [6.07, 6.45) is 2.21. The zero-order valence-electron chi connectivity index (χ0n) is 15.5. The van der Waals surface area contributed by atoms with Gasteiger partial charge in [0.1, 0.15) is 0 Å². The predicted octanol–water partition coefficient (Wildman–Crippen LogP) is 3.15. The maximum atomic E-state index is 12.2.